The Morgan fingerprint density at radius 1 is 1.27 bits per heavy atom. The van der Waals surface area contributed by atoms with Gasteiger partial charge in [0, 0.05) is 10.5 Å². The highest BCUT2D eigenvalue weighted by Crippen LogP contribution is 2.24. The van der Waals surface area contributed by atoms with Gasteiger partial charge in [-0.25, -0.2) is 0 Å². The average Bonchev–Trinajstić information content (AvgIpc) is 2.18. The van der Waals surface area contributed by atoms with Crippen LogP contribution >= 0.6 is 15.9 Å². The molecule has 0 aliphatic carbocycles. The number of hydrogen-bond donors (Lipinski definition) is 1. The standard InChI is InChI=1S/C13H20BrN/c1-9(2)4-7-13(15)12-8-11(14)6-5-10(12)3/h5-6,8-9,13H,4,7,15H2,1-3H3. The van der Waals surface area contributed by atoms with Crippen molar-refractivity contribution in [1.82, 2.24) is 0 Å². The summed E-state index contributed by atoms with van der Waals surface area (Å²) in [5, 5.41) is 0. The molecule has 0 bridgehead atoms. The molecule has 0 aromatic heterocycles. The van der Waals surface area contributed by atoms with Gasteiger partial charge < -0.3 is 5.73 Å². The van der Waals surface area contributed by atoms with E-state index in [-0.39, 0.29) is 6.04 Å². The molecule has 0 spiro atoms. The number of aryl methyl sites for hydroxylation is 1. The highest BCUT2D eigenvalue weighted by atomic mass is 79.9. The molecule has 0 heterocycles. The first-order valence-corrected chi connectivity index (χ1v) is 6.31. The summed E-state index contributed by atoms with van der Waals surface area (Å²) in [7, 11) is 0. The number of benzene rings is 1. The summed E-state index contributed by atoms with van der Waals surface area (Å²) in [6, 6.07) is 6.49. The van der Waals surface area contributed by atoms with Gasteiger partial charge in [-0.15, -0.1) is 0 Å². The van der Waals surface area contributed by atoms with Crippen molar-refractivity contribution >= 4 is 15.9 Å². The lowest BCUT2D eigenvalue weighted by atomic mass is 9.95. The van der Waals surface area contributed by atoms with Crippen LogP contribution in [0.3, 0.4) is 0 Å². The quantitative estimate of drug-likeness (QED) is 0.872. The summed E-state index contributed by atoms with van der Waals surface area (Å²) < 4.78 is 1.11. The molecule has 0 saturated carbocycles. The first kappa shape index (κ1) is 12.7. The zero-order chi connectivity index (χ0) is 11.4. The number of nitrogens with two attached hydrogens (primary N) is 1. The molecule has 2 heteroatoms. The minimum Gasteiger partial charge on any atom is -0.324 e. The van der Waals surface area contributed by atoms with Crippen molar-refractivity contribution in [2.45, 2.75) is 39.7 Å². The highest BCUT2D eigenvalue weighted by molar-refractivity contribution is 9.10. The van der Waals surface area contributed by atoms with E-state index in [1.165, 1.54) is 17.5 Å². The van der Waals surface area contributed by atoms with Gasteiger partial charge in [0.25, 0.3) is 0 Å². The van der Waals surface area contributed by atoms with E-state index in [0.29, 0.717) is 0 Å². The first-order valence-electron chi connectivity index (χ1n) is 5.52. The highest BCUT2D eigenvalue weighted by Gasteiger charge is 2.09. The maximum Gasteiger partial charge on any atom is 0.0297 e. The molecule has 1 unspecified atom stereocenters. The van der Waals surface area contributed by atoms with Gasteiger partial charge in [-0.1, -0.05) is 35.8 Å². The van der Waals surface area contributed by atoms with Crippen LogP contribution in [0.15, 0.2) is 22.7 Å². The molecule has 1 atom stereocenters. The zero-order valence-corrected chi connectivity index (χ0v) is 11.3. The summed E-state index contributed by atoms with van der Waals surface area (Å²) in [6.45, 7) is 6.60. The summed E-state index contributed by atoms with van der Waals surface area (Å²) in [4.78, 5) is 0. The molecule has 1 rings (SSSR count). The molecule has 1 aromatic carbocycles. The van der Waals surface area contributed by atoms with Gasteiger partial charge in [0.15, 0.2) is 0 Å². The third kappa shape index (κ3) is 3.96. The second-order valence-electron chi connectivity index (χ2n) is 4.58. The minimum atomic E-state index is 0.171. The van der Waals surface area contributed by atoms with Crippen LogP contribution in [0.1, 0.15) is 43.9 Å². The predicted molar refractivity (Wildman–Crippen MR) is 69.9 cm³/mol. The van der Waals surface area contributed by atoms with Crippen molar-refractivity contribution < 1.29 is 0 Å². The first-order chi connectivity index (χ1) is 7.00. The monoisotopic (exact) mass is 269 g/mol. The summed E-state index contributed by atoms with van der Waals surface area (Å²) in [5.41, 5.74) is 8.75. The smallest absolute Gasteiger partial charge is 0.0297 e. The third-order valence-electron chi connectivity index (χ3n) is 2.70. The zero-order valence-electron chi connectivity index (χ0n) is 9.76. The maximum absolute atomic E-state index is 6.19. The van der Waals surface area contributed by atoms with E-state index in [4.69, 9.17) is 5.73 Å². The molecular formula is C13H20BrN. The van der Waals surface area contributed by atoms with E-state index < -0.39 is 0 Å². The Hall–Kier alpha value is -0.340. The lowest BCUT2D eigenvalue weighted by Crippen LogP contribution is -2.12. The Balaban J connectivity index is 2.72. The van der Waals surface area contributed by atoms with Gasteiger partial charge in [-0.05, 0) is 48.9 Å². The van der Waals surface area contributed by atoms with E-state index in [9.17, 15) is 0 Å². The van der Waals surface area contributed by atoms with Gasteiger partial charge in [-0.2, -0.15) is 0 Å². The molecule has 0 amide bonds. The van der Waals surface area contributed by atoms with E-state index in [1.807, 2.05) is 0 Å². The second-order valence-corrected chi connectivity index (χ2v) is 5.49. The van der Waals surface area contributed by atoms with Crippen LogP contribution in [0.4, 0.5) is 0 Å². The maximum atomic E-state index is 6.19. The molecule has 0 aliphatic heterocycles. The van der Waals surface area contributed by atoms with Crippen LogP contribution < -0.4 is 5.73 Å². The molecule has 15 heavy (non-hydrogen) atoms. The molecule has 0 fully saturated rings. The van der Waals surface area contributed by atoms with Crippen molar-refractivity contribution in [3.63, 3.8) is 0 Å². The van der Waals surface area contributed by atoms with Crippen LogP contribution in [0, 0.1) is 12.8 Å². The van der Waals surface area contributed by atoms with E-state index in [0.717, 1.165) is 16.8 Å². The van der Waals surface area contributed by atoms with E-state index >= 15 is 0 Å². The average molecular weight is 270 g/mol. The van der Waals surface area contributed by atoms with Crippen LogP contribution in [0.2, 0.25) is 0 Å². The third-order valence-corrected chi connectivity index (χ3v) is 3.19. The van der Waals surface area contributed by atoms with Crippen molar-refractivity contribution in [3.8, 4) is 0 Å². The number of halogens is 1. The van der Waals surface area contributed by atoms with E-state index in [2.05, 4.69) is 54.9 Å². The van der Waals surface area contributed by atoms with Gasteiger partial charge in [0.05, 0.1) is 0 Å². The van der Waals surface area contributed by atoms with Gasteiger partial charge >= 0.3 is 0 Å². The lowest BCUT2D eigenvalue weighted by molar-refractivity contribution is 0.506. The Labute approximate surface area is 101 Å². The Bertz CT molecular complexity index is 320. The van der Waals surface area contributed by atoms with Crippen LogP contribution in [-0.2, 0) is 0 Å². The number of hydrogen-bond acceptors (Lipinski definition) is 1. The minimum absolute atomic E-state index is 0.171. The normalized spacial score (nSPS) is 13.2. The van der Waals surface area contributed by atoms with Gasteiger partial charge in [0.2, 0.25) is 0 Å². The van der Waals surface area contributed by atoms with Crippen molar-refractivity contribution in [1.29, 1.82) is 0 Å². The Morgan fingerprint density at radius 2 is 1.93 bits per heavy atom. The second kappa shape index (κ2) is 5.66. The Kier molecular flexibility index (Phi) is 4.81. The molecule has 1 aromatic rings. The molecule has 1 nitrogen and oxygen atoms in total. The fourth-order valence-corrected chi connectivity index (χ4v) is 2.06. The van der Waals surface area contributed by atoms with Crippen molar-refractivity contribution in [2.24, 2.45) is 11.7 Å². The molecule has 0 radical (unpaired) electrons. The number of rotatable bonds is 4. The largest absolute Gasteiger partial charge is 0.324 e. The topological polar surface area (TPSA) is 26.0 Å². The SMILES string of the molecule is Cc1ccc(Br)cc1C(N)CCC(C)C. The summed E-state index contributed by atoms with van der Waals surface area (Å²) in [5.74, 6) is 0.725. The van der Waals surface area contributed by atoms with Crippen molar-refractivity contribution in [2.75, 3.05) is 0 Å². The fraction of sp³-hybridized carbons (Fsp3) is 0.538. The van der Waals surface area contributed by atoms with Gasteiger partial charge in [-0.3, -0.25) is 0 Å². The molecule has 0 aliphatic rings. The van der Waals surface area contributed by atoms with Crippen LogP contribution in [0.5, 0.6) is 0 Å². The molecule has 84 valence electrons. The lowest BCUT2D eigenvalue weighted by Gasteiger charge is -2.16. The van der Waals surface area contributed by atoms with Crippen LogP contribution in [0.25, 0.3) is 0 Å². The fourth-order valence-electron chi connectivity index (χ4n) is 1.68. The molecule has 0 saturated heterocycles. The summed E-state index contributed by atoms with van der Waals surface area (Å²) >= 11 is 3.49. The molecular weight excluding hydrogens is 250 g/mol. The summed E-state index contributed by atoms with van der Waals surface area (Å²) in [6.07, 6.45) is 2.25. The van der Waals surface area contributed by atoms with Gasteiger partial charge in [0.1, 0.15) is 0 Å². The Morgan fingerprint density at radius 3 is 2.53 bits per heavy atom. The van der Waals surface area contributed by atoms with Crippen molar-refractivity contribution in [3.05, 3.63) is 33.8 Å². The predicted octanol–water partition coefficient (Wildman–Crippen LogP) is 4.19. The van der Waals surface area contributed by atoms with Crippen LogP contribution in [-0.4, -0.2) is 0 Å². The molecule has 2 N–H and O–H groups in total. The van der Waals surface area contributed by atoms with E-state index in [1.54, 1.807) is 0 Å².